The van der Waals surface area contributed by atoms with Gasteiger partial charge in [-0.3, -0.25) is 0 Å². The molecule has 0 fully saturated rings. The van der Waals surface area contributed by atoms with Gasteiger partial charge in [-0.25, -0.2) is 4.39 Å². The Bertz CT molecular complexity index is 600. The first-order valence-electron chi connectivity index (χ1n) is 5.69. The Morgan fingerprint density at radius 1 is 1.11 bits per heavy atom. The fourth-order valence-corrected chi connectivity index (χ4v) is 1.54. The summed E-state index contributed by atoms with van der Waals surface area (Å²) in [6.07, 6.45) is 1.32. The van der Waals surface area contributed by atoms with Gasteiger partial charge in [-0.05, 0) is 18.2 Å². The molecule has 4 nitrogen and oxygen atoms in total. The molecule has 0 saturated carbocycles. The van der Waals surface area contributed by atoms with E-state index < -0.39 is 11.6 Å². The summed E-state index contributed by atoms with van der Waals surface area (Å²) in [5.74, 6) is -0.945. The van der Waals surface area contributed by atoms with Crippen molar-refractivity contribution in [3.05, 3.63) is 59.4 Å². The van der Waals surface area contributed by atoms with E-state index in [-0.39, 0.29) is 11.3 Å². The fraction of sp³-hybridized carbons (Fsp3) is 0.0714. The summed E-state index contributed by atoms with van der Waals surface area (Å²) in [5.41, 5.74) is 3.69. The van der Waals surface area contributed by atoms with Crippen molar-refractivity contribution >= 4 is 6.21 Å². The van der Waals surface area contributed by atoms with Crippen LogP contribution in [0.15, 0.2) is 47.6 Å². The van der Waals surface area contributed by atoms with Crippen LogP contribution < -0.4 is 5.43 Å². The Morgan fingerprint density at radius 3 is 2.68 bits per heavy atom. The molecule has 0 bridgehead atoms. The third kappa shape index (κ3) is 3.22. The van der Waals surface area contributed by atoms with Crippen LogP contribution in [0.1, 0.15) is 11.1 Å². The molecule has 0 radical (unpaired) electrons. The van der Waals surface area contributed by atoms with Gasteiger partial charge in [0.15, 0.2) is 11.6 Å². The van der Waals surface area contributed by atoms with Crippen molar-refractivity contribution in [3.8, 4) is 11.5 Å². The van der Waals surface area contributed by atoms with Crippen molar-refractivity contribution in [2.24, 2.45) is 5.10 Å². The van der Waals surface area contributed by atoms with Crippen LogP contribution >= 0.6 is 0 Å². The van der Waals surface area contributed by atoms with Gasteiger partial charge in [0.05, 0.1) is 12.8 Å². The molecule has 0 aliphatic carbocycles. The van der Waals surface area contributed by atoms with Crippen LogP contribution in [0.5, 0.6) is 11.5 Å². The number of hydrogen-bond donors (Lipinski definition) is 3. The molecule has 2 rings (SSSR count). The largest absolute Gasteiger partial charge is 0.508 e. The zero-order valence-electron chi connectivity index (χ0n) is 10.0. The molecule has 0 unspecified atom stereocenters. The Morgan fingerprint density at radius 2 is 1.89 bits per heavy atom. The molecule has 5 heteroatoms. The van der Waals surface area contributed by atoms with E-state index in [0.29, 0.717) is 12.1 Å². The predicted molar refractivity (Wildman–Crippen MR) is 70.6 cm³/mol. The van der Waals surface area contributed by atoms with Gasteiger partial charge in [0.2, 0.25) is 0 Å². The van der Waals surface area contributed by atoms with E-state index in [0.717, 1.165) is 0 Å². The molecule has 0 saturated heterocycles. The summed E-state index contributed by atoms with van der Waals surface area (Å²) < 4.78 is 13.0. The zero-order valence-corrected chi connectivity index (χ0v) is 10.0. The minimum atomic E-state index is -0.690. The average Bonchev–Trinajstić information content (AvgIpc) is 2.41. The number of nitrogens with zero attached hydrogens (tertiary/aromatic N) is 1. The highest BCUT2D eigenvalue weighted by Crippen LogP contribution is 2.18. The minimum absolute atomic E-state index is 0.179. The summed E-state index contributed by atoms with van der Waals surface area (Å²) in [4.78, 5) is 0. The topological polar surface area (TPSA) is 64.8 Å². The second-order valence-corrected chi connectivity index (χ2v) is 3.90. The van der Waals surface area contributed by atoms with Gasteiger partial charge in [0, 0.05) is 11.1 Å². The Balaban J connectivity index is 1.98. The van der Waals surface area contributed by atoms with E-state index in [1.807, 2.05) is 0 Å². The van der Waals surface area contributed by atoms with Gasteiger partial charge in [0.1, 0.15) is 5.75 Å². The number of aromatic hydroxyl groups is 2. The third-order valence-corrected chi connectivity index (χ3v) is 2.57. The monoisotopic (exact) mass is 260 g/mol. The van der Waals surface area contributed by atoms with Gasteiger partial charge in [-0.1, -0.05) is 24.3 Å². The van der Waals surface area contributed by atoms with E-state index in [2.05, 4.69) is 10.5 Å². The van der Waals surface area contributed by atoms with Crippen molar-refractivity contribution in [3.63, 3.8) is 0 Å². The highest BCUT2D eigenvalue weighted by atomic mass is 19.1. The number of phenols is 2. The van der Waals surface area contributed by atoms with Crippen molar-refractivity contribution in [2.45, 2.75) is 6.54 Å². The van der Waals surface area contributed by atoms with E-state index in [4.69, 9.17) is 0 Å². The molecule has 0 amide bonds. The molecule has 0 aromatic heterocycles. The third-order valence-electron chi connectivity index (χ3n) is 2.57. The van der Waals surface area contributed by atoms with Gasteiger partial charge < -0.3 is 15.6 Å². The molecule has 2 aromatic carbocycles. The van der Waals surface area contributed by atoms with Gasteiger partial charge in [-0.15, -0.1) is 0 Å². The van der Waals surface area contributed by atoms with E-state index in [1.54, 1.807) is 30.3 Å². The molecule has 0 atom stereocenters. The highest BCUT2D eigenvalue weighted by Gasteiger charge is 2.03. The highest BCUT2D eigenvalue weighted by molar-refractivity contribution is 5.83. The lowest BCUT2D eigenvalue weighted by atomic mass is 10.2. The summed E-state index contributed by atoms with van der Waals surface area (Å²) in [5, 5.41) is 22.8. The number of rotatable bonds is 4. The van der Waals surface area contributed by atoms with Crippen molar-refractivity contribution in [1.29, 1.82) is 0 Å². The molecule has 0 aliphatic heterocycles. The van der Waals surface area contributed by atoms with Crippen LogP contribution in [0.3, 0.4) is 0 Å². The molecular formula is C14H13FN2O2. The van der Waals surface area contributed by atoms with Crippen LogP contribution in [-0.4, -0.2) is 16.4 Å². The molecule has 3 N–H and O–H groups in total. The maximum Gasteiger partial charge on any atom is 0.165 e. The van der Waals surface area contributed by atoms with E-state index in [1.165, 1.54) is 18.3 Å². The molecule has 0 spiro atoms. The Kier molecular flexibility index (Phi) is 3.97. The number of phenolic OH excluding ortho intramolecular Hbond substituents is 2. The summed E-state index contributed by atoms with van der Waals surface area (Å²) in [6, 6.07) is 11.1. The average molecular weight is 260 g/mol. The molecule has 0 heterocycles. The first-order chi connectivity index (χ1) is 9.18. The van der Waals surface area contributed by atoms with Crippen molar-refractivity contribution < 1.29 is 14.6 Å². The Hall–Kier alpha value is -2.56. The zero-order chi connectivity index (χ0) is 13.7. The number of benzene rings is 2. The van der Waals surface area contributed by atoms with Crippen molar-refractivity contribution in [1.82, 2.24) is 5.43 Å². The number of halogens is 1. The summed E-state index contributed by atoms with van der Waals surface area (Å²) >= 11 is 0. The number of hydrazone groups is 1. The van der Waals surface area contributed by atoms with E-state index in [9.17, 15) is 14.6 Å². The first kappa shape index (κ1) is 12.9. The minimum Gasteiger partial charge on any atom is -0.508 e. The molecule has 2 aromatic rings. The molecule has 19 heavy (non-hydrogen) atoms. The smallest absolute Gasteiger partial charge is 0.165 e. The lowest BCUT2D eigenvalue weighted by Gasteiger charge is -2.03. The van der Waals surface area contributed by atoms with Crippen LogP contribution in [0.25, 0.3) is 0 Å². The maximum atomic E-state index is 13.0. The van der Waals surface area contributed by atoms with Crippen LogP contribution in [-0.2, 0) is 6.54 Å². The summed E-state index contributed by atoms with van der Waals surface area (Å²) in [7, 11) is 0. The summed E-state index contributed by atoms with van der Waals surface area (Å²) in [6.45, 7) is 0.333. The predicted octanol–water partition coefficient (Wildman–Crippen LogP) is 2.36. The molecular weight excluding hydrogens is 247 g/mol. The van der Waals surface area contributed by atoms with Gasteiger partial charge >= 0.3 is 0 Å². The van der Waals surface area contributed by atoms with Gasteiger partial charge in [0.25, 0.3) is 0 Å². The Labute approximate surface area is 109 Å². The number of nitrogens with one attached hydrogen (secondary N) is 1. The van der Waals surface area contributed by atoms with Gasteiger partial charge in [-0.2, -0.15) is 5.10 Å². The van der Waals surface area contributed by atoms with Crippen LogP contribution in [0, 0.1) is 5.82 Å². The SMILES string of the molecule is Oc1ccccc1CN/N=C/c1cccc(F)c1O. The second-order valence-electron chi connectivity index (χ2n) is 3.90. The second kappa shape index (κ2) is 5.86. The van der Waals surface area contributed by atoms with Crippen LogP contribution in [0.2, 0.25) is 0 Å². The normalized spacial score (nSPS) is 10.8. The van der Waals surface area contributed by atoms with Crippen molar-refractivity contribution in [2.75, 3.05) is 0 Å². The lowest BCUT2D eigenvalue weighted by molar-refractivity contribution is 0.431. The maximum absolute atomic E-state index is 13.0. The number of hydrogen-bond acceptors (Lipinski definition) is 4. The first-order valence-corrected chi connectivity index (χ1v) is 5.69. The standard InChI is InChI=1S/C14H13FN2O2/c15-12-6-3-5-11(14(12)19)9-17-16-8-10-4-1-2-7-13(10)18/h1-7,9,16,18-19H,8H2/b17-9+. The fourth-order valence-electron chi connectivity index (χ4n) is 1.54. The van der Waals surface area contributed by atoms with E-state index >= 15 is 0 Å². The lowest BCUT2D eigenvalue weighted by Crippen LogP contribution is -2.05. The molecule has 0 aliphatic rings. The number of para-hydroxylation sites is 2. The quantitative estimate of drug-likeness (QED) is 0.584. The van der Waals surface area contributed by atoms with Crippen LogP contribution in [0.4, 0.5) is 4.39 Å². The molecule has 98 valence electrons.